The number of nitrogens with zero attached hydrogens (tertiary/aromatic N) is 5. The Morgan fingerprint density at radius 3 is 2.51 bits per heavy atom. The zero-order chi connectivity index (χ0) is 33.7. The van der Waals surface area contributed by atoms with Gasteiger partial charge in [-0.25, -0.2) is 4.79 Å². The van der Waals surface area contributed by atoms with Crippen molar-refractivity contribution in [3.05, 3.63) is 53.5 Å². The quantitative estimate of drug-likeness (QED) is 0.204. The van der Waals surface area contributed by atoms with Crippen LogP contribution in [-0.4, -0.2) is 116 Å². The number of rotatable bonds is 14. The Morgan fingerprint density at radius 2 is 1.89 bits per heavy atom. The fourth-order valence-corrected chi connectivity index (χ4v) is 6.57. The first-order chi connectivity index (χ1) is 22.6. The first-order valence-corrected chi connectivity index (χ1v) is 15.8. The molecule has 5 rings (SSSR count). The summed E-state index contributed by atoms with van der Waals surface area (Å²) in [5, 5.41) is 13.3. The Kier molecular flexibility index (Phi) is 10.9. The predicted octanol–water partition coefficient (Wildman–Crippen LogP) is 2.81. The molecule has 2 aromatic rings. The standard InChI is InChI=1S/C31H39ClF2N8O5/c1-4-22(28(35-2)36-3)29(44)37-24-17-42(38-27(24)23-12-21(32)6-7-25(23)47-30(33)34)18-26(43)41-15-19-13-39(14-20(19)16-41)8-5-9-40-10-11-46-31(40)45/h4,6-7,12,17,19-20,30,35-36H,1,5,8-11,13-16,18H2,2-3H3,(H,37,44). The minimum Gasteiger partial charge on any atom is -0.448 e. The number of carbonyl (C=O) groups excluding carboxylic acids is 3. The molecule has 3 fully saturated rings. The number of likely N-dealkylation sites (tertiary alicyclic amines) is 2. The van der Waals surface area contributed by atoms with Crippen LogP contribution in [0.25, 0.3) is 11.3 Å². The van der Waals surface area contributed by atoms with E-state index < -0.39 is 12.5 Å². The molecule has 0 radical (unpaired) electrons. The minimum absolute atomic E-state index is 0.0966. The molecule has 13 nitrogen and oxygen atoms in total. The number of benzene rings is 1. The van der Waals surface area contributed by atoms with Gasteiger partial charge in [0.15, 0.2) is 0 Å². The van der Waals surface area contributed by atoms with Crippen LogP contribution < -0.4 is 20.7 Å². The van der Waals surface area contributed by atoms with Crippen molar-refractivity contribution >= 4 is 35.2 Å². The van der Waals surface area contributed by atoms with Gasteiger partial charge in [0, 0.05) is 63.6 Å². The topological polar surface area (TPSA) is 133 Å². The van der Waals surface area contributed by atoms with E-state index in [1.165, 1.54) is 35.2 Å². The molecule has 47 heavy (non-hydrogen) atoms. The molecule has 3 saturated heterocycles. The second-order valence-electron chi connectivity index (χ2n) is 11.6. The lowest BCUT2D eigenvalue weighted by Gasteiger charge is -2.22. The summed E-state index contributed by atoms with van der Waals surface area (Å²) >= 11 is 6.22. The predicted molar refractivity (Wildman–Crippen MR) is 171 cm³/mol. The third kappa shape index (κ3) is 7.96. The van der Waals surface area contributed by atoms with Gasteiger partial charge >= 0.3 is 12.7 Å². The zero-order valence-electron chi connectivity index (χ0n) is 26.3. The van der Waals surface area contributed by atoms with Crippen molar-refractivity contribution in [1.29, 1.82) is 0 Å². The number of aromatic nitrogens is 2. The van der Waals surface area contributed by atoms with Crippen LogP contribution >= 0.6 is 11.6 Å². The number of amides is 3. The van der Waals surface area contributed by atoms with Gasteiger partial charge < -0.3 is 40.1 Å². The summed E-state index contributed by atoms with van der Waals surface area (Å²) in [5.41, 5.74) is 0.560. The smallest absolute Gasteiger partial charge is 0.409 e. The summed E-state index contributed by atoms with van der Waals surface area (Å²) in [5.74, 6) is 0.190. The Bertz CT molecular complexity index is 1520. The SMILES string of the molecule is C=CC(C(=O)Nc1cn(CC(=O)N2CC3CN(CCCN4CCOC4=O)CC3C2)nc1-c1cc(Cl)ccc1OC(F)F)=C(NC)NC. The number of halogens is 3. The highest BCUT2D eigenvalue weighted by Crippen LogP contribution is 2.37. The van der Waals surface area contributed by atoms with Crippen molar-refractivity contribution in [3.63, 3.8) is 0 Å². The van der Waals surface area contributed by atoms with E-state index in [2.05, 4.69) is 32.5 Å². The molecule has 254 valence electrons. The number of hydrogen-bond donors (Lipinski definition) is 3. The number of alkyl halides is 2. The van der Waals surface area contributed by atoms with Crippen molar-refractivity contribution in [3.8, 4) is 17.0 Å². The van der Waals surface area contributed by atoms with Gasteiger partial charge in [0.1, 0.15) is 30.4 Å². The molecule has 1 aromatic heterocycles. The van der Waals surface area contributed by atoms with E-state index in [4.69, 9.17) is 21.1 Å². The summed E-state index contributed by atoms with van der Waals surface area (Å²) < 4.78 is 37.7. The molecule has 2 unspecified atom stereocenters. The zero-order valence-corrected chi connectivity index (χ0v) is 27.1. The fraction of sp³-hybridized carbons (Fsp3) is 0.484. The maximum atomic E-state index is 13.5. The van der Waals surface area contributed by atoms with E-state index in [-0.39, 0.29) is 51.8 Å². The third-order valence-electron chi connectivity index (χ3n) is 8.60. The van der Waals surface area contributed by atoms with Gasteiger partial charge in [0.2, 0.25) is 5.91 Å². The lowest BCUT2D eigenvalue weighted by Crippen LogP contribution is -2.36. The molecule has 3 N–H and O–H groups in total. The molecule has 2 atom stereocenters. The molecule has 1 aromatic carbocycles. The van der Waals surface area contributed by atoms with Crippen molar-refractivity contribution in [2.75, 3.05) is 71.8 Å². The van der Waals surface area contributed by atoms with Crippen LogP contribution in [0.3, 0.4) is 0 Å². The second-order valence-corrected chi connectivity index (χ2v) is 12.0. The van der Waals surface area contributed by atoms with Gasteiger partial charge in [-0.3, -0.25) is 14.3 Å². The van der Waals surface area contributed by atoms with E-state index in [0.717, 1.165) is 26.1 Å². The number of carbonyl (C=O) groups is 3. The van der Waals surface area contributed by atoms with E-state index in [9.17, 15) is 23.2 Å². The van der Waals surface area contributed by atoms with Crippen LogP contribution in [0.1, 0.15) is 6.42 Å². The highest BCUT2D eigenvalue weighted by Gasteiger charge is 2.41. The molecule has 0 spiro atoms. The molecule has 0 aliphatic carbocycles. The van der Waals surface area contributed by atoms with Crippen LogP contribution in [0, 0.1) is 11.8 Å². The largest absolute Gasteiger partial charge is 0.448 e. The molecular weight excluding hydrogens is 638 g/mol. The van der Waals surface area contributed by atoms with Crippen molar-refractivity contribution in [2.24, 2.45) is 11.8 Å². The molecule has 0 saturated carbocycles. The molecule has 3 aliphatic rings. The molecule has 0 bridgehead atoms. The molecular formula is C31H39ClF2N8O5. The van der Waals surface area contributed by atoms with Crippen molar-refractivity contribution in [2.45, 2.75) is 19.6 Å². The van der Waals surface area contributed by atoms with Gasteiger partial charge in [-0.15, -0.1) is 0 Å². The molecule has 3 aliphatic heterocycles. The summed E-state index contributed by atoms with van der Waals surface area (Å²) in [7, 11) is 3.27. The second kappa shape index (κ2) is 15.0. The van der Waals surface area contributed by atoms with Gasteiger partial charge in [0.25, 0.3) is 5.91 Å². The first kappa shape index (κ1) is 34.0. The van der Waals surface area contributed by atoms with E-state index in [1.807, 2.05) is 4.90 Å². The Labute approximate surface area is 276 Å². The maximum absolute atomic E-state index is 13.5. The van der Waals surface area contributed by atoms with Crippen LogP contribution in [0.5, 0.6) is 5.75 Å². The van der Waals surface area contributed by atoms with Gasteiger partial charge in [0.05, 0.1) is 17.8 Å². The van der Waals surface area contributed by atoms with Crippen molar-refractivity contribution < 1.29 is 32.6 Å². The monoisotopic (exact) mass is 676 g/mol. The van der Waals surface area contributed by atoms with E-state index in [1.54, 1.807) is 19.0 Å². The number of nitrogens with one attached hydrogen (secondary N) is 3. The Hall–Kier alpha value is -4.37. The maximum Gasteiger partial charge on any atom is 0.409 e. The highest BCUT2D eigenvalue weighted by molar-refractivity contribution is 6.31. The summed E-state index contributed by atoms with van der Waals surface area (Å²) in [6, 6.07) is 4.10. The number of ether oxygens (including phenoxy) is 2. The average molecular weight is 677 g/mol. The summed E-state index contributed by atoms with van der Waals surface area (Å²) in [6.45, 7) is 6.08. The van der Waals surface area contributed by atoms with Gasteiger partial charge in [-0.05, 0) is 43.0 Å². The van der Waals surface area contributed by atoms with E-state index in [0.29, 0.717) is 50.4 Å². The normalized spacial score (nSPS) is 19.1. The Balaban J connectivity index is 1.29. The lowest BCUT2D eigenvalue weighted by atomic mass is 10.0. The van der Waals surface area contributed by atoms with Crippen LogP contribution in [-0.2, 0) is 20.9 Å². The molecule has 16 heteroatoms. The van der Waals surface area contributed by atoms with Crippen LogP contribution in [0.15, 0.2) is 48.4 Å². The molecule has 4 heterocycles. The van der Waals surface area contributed by atoms with Gasteiger partial charge in [-0.1, -0.05) is 24.3 Å². The van der Waals surface area contributed by atoms with Crippen LogP contribution in [0.4, 0.5) is 19.3 Å². The average Bonchev–Trinajstić information content (AvgIpc) is 3.81. The number of cyclic esters (lactones) is 1. The molecule has 3 amide bonds. The lowest BCUT2D eigenvalue weighted by molar-refractivity contribution is -0.131. The summed E-state index contributed by atoms with van der Waals surface area (Å²) in [6.07, 6.45) is 3.46. The van der Waals surface area contributed by atoms with Gasteiger partial charge in [-0.2, -0.15) is 13.9 Å². The fourth-order valence-electron chi connectivity index (χ4n) is 6.40. The van der Waals surface area contributed by atoms with E-state index >= 15 is 0 Å². The third-order valence-corrected chi connectivity index (χ3v) is 8.84. The number of fused-ring (bicyclic) bond motifs is 1. The summed E-state index contributed by atoms with van der Waals surface area (Å²) in [4.78, 5) is 44.4. The number of anilines is 1. The van der Waals surface area contributed by atoms with Crippen LogP contribution in [0.2, 0.25) is 5.02 Å². The Morgan fingerprint density at radius 1 is 1.17 bits per heavy atom. The van der Waals surface area contributed by atoms with Crippen molar-refractivity contribution in [1.82, 2.24) is 35.1 Å². The number of hydrogen-bond acceptors (Lipinski definition) is 9. The highest BCUT2D eigenvalue weighted by atomic mass is 35.5. The minimum atomic E-state index is -3.12. The first-order valence-electron chi connectivity index (χ1n) is 15.4.